The second-order valence-corrected chi connectivity index (χ2v) is 5.33. The SMILES string of the molecule is CCc1ccc(N2CCC3(CCNC3)C2)nn1. The van der Waals surface area contributed by atoms with Crippen LogP contribution in [0.3, 0.4) is 0 Å². The summed E-state index contributed by atoms with van der Waals surface area (Å²) in [4.78, 5) is 2.39. The number of hydrogen-bond donors (Lipinski definition) is 1. The normalized spacial score (nSPS) is 28.2. The molecule has 4 nitrogen and oxygen atoms in total. The number of rotatable bonds is 2. The first-order chi connectivity index (χ1) is 8.31. The average Bonchev–Trinajstić information content (AvgIpc) is 3.01. The third kappa shape index (κ3) is 2.02. The highest BCUT2D eigenvalue weighted by Gasteiger charge is 2.40. The van der Waals surface area contributed by atoms with E-state index < -0.39 is 0 Å². The van der Waals surface area contributed by atoms with Crippen LogP contribution in [0.1, 0.15) is 25.5 Å². The van der Waals surface area contributed by atoms with Gasteiger partial charge in [0.2, 0.25) is 0 Å². The lowest BCUT2D eigenvalue weighted by Gasteiger charge is -2.23. The fraction of sp³-hybridized carbons (Fsp3) is 0.692. The predicted octanol–water partition coefficient (Wildman–Crippen LogP) is 1.23. The quantitative estimate of drug-likeness (QED) is 0.832. The van der Waals surface area contributed by atoms with Crippen molar-refractivity contribution < 1.29 is 0 Å². The molecule has 1 N–H and O–H groups in total. The fourth-order valence-electron chi connectivity index (χ4n) is 2.98. The Labute approximate surface area is 102 Å². The van der Waals surface area contributed by atoms with Gasteiger partial charge in [-0.05, 0) is 37.9 Å². The minimum Gasteiger partial charge on any atom is -0.355 e. The molecule has 1 spiro atoms. The highest BCUT2D eigenvalue weighted by Crippen LogP contribution is 2.37. The monoisotopic (exact) mass is 232 g/mol. The van der Waals surface area contributed by atoms with Crippen LogP contribution < -0.4 is 10.2 Å². The molecule has 0 amide bonds. The number of aromatic nitrogens is 2. The Morgan fingerprint density at radius 1 is 1.35 bits per heavy atom. The lowest BCUT2D eigenvalue weighted by Crippen LogP contribution is -2.29. The third-order valence-corrected chi connectivity index (χ3v) is 4.16. The van der Waals surface area contributed by atoms with Gasteiger partial charge in [0.05, 0.1) is 5.69 Å². The van der Waals surface area contributed by atoms with Crippen LogP contribution in [0.4, 0.5) is 5.82 Å². The van der Waals surface area contributed by atoms with E-state index in [9.17, 15) is 0 Å². The summed E-state index contributed by atoms with van der Waals surface area (Å²) in [7, 11) is 0. The zero-order valence-corrected chi connectivity index (χ0v) is 10.4. The summed E-state index contributed by atoms with van der Waals surface area (Å²) in [6, 6.07) is 4.22. The Kier molecular flexibility index (Phi) is 2.74. The van der Waals surface area contributed by atoms with Crippen molar-refractivity contribution >= 4 is 5.82 Å². The van der Waals surface area contributed by atoms with E-state index in [-0.39, 0.29) is 0 Å². The summed E-state index contributed by atoms with van der Waals surface area (Å²) in [6.07, 6.45) is 3.56. The predicted molar refractivity (Wildman–Crippen MR) is 68.2 cm³/mol. The van der Waals surface area contributed by atoms with E-state index >= 15 is 0 Å². The average molecular weight is 232 g/mol. The molecular weight excluding hydrogens is 212 g/mol. The molecule has 92 valence electrons. The van der Waals surface area contributed by atoms with Gasteiger partial charge < -0.3 is 10.2 Å². The van der Waals surface area contributed by atoms with E-state index in [1.54, 1.807) is 0 Å². The van der Waals surface area contributed by atoms with Crippen molar-refractivity contribution in [2.75, 3.05) is 31.1 Å². The van der Waals surface area contributed by atoms with Gasteiger partial charge in [-0.3, -0.25) is 0 Å². The first-order valence-electron chi connectivity index (χ1n) is 6.60. The molecule has 0 aromatic carbocycles. The Morgan fingerprint density at radius 3 is 2.94 bits per heavy atom. The lowest BCUT2D eigenvalue weighted by molar-refractivity contribution is 0.369. The molecule has 2 aliphatic heterocycles. The Balaban J connectivity index is 1.72. The highest BCUT2D eigenvalue weighted by molar-refractivity contribution is 5.39. The first-order valence-corrected chi connectivity index (χ1v) is 6.60. The van der Waals surface area contributed by atoms with E-state index in [0.29, 0.717) is 5.41 Å². The molecule has 17 heavy (non-hydrogen) atoms. The number of hydrogen-bond acceptors (Lipinski definition) is 4. The number of anilines is 1. The van der Waals surface area contributed by atoms with E-state index in [4.69, 9.17) is 0 Å². The molecule has 2 aliphatic rings. The maximum atomic E-state index is 4.34. The zero-order chi connectivity index (χ0) is 11.7. The topological polar surface area (TPSA) is 41.0 Å². The van der Waals surface area contributed by atoms with Gasteiger partial charge in [0.1, 0.15) is 0 Å². The van der Waals surface area contributed by atoms with Crippen LogP contribution in [0.5, 0.6) is 0 Å². The van der Waals surface area contributed by atoms with E-state index in [1.807, 2.05) is 0 Å². The molecule has 3 heterocycles. The van der Waals surface area contributed by atoms with Crippen molar-refractivity contribution in [2.24, 2.45) is 5.41 Å². The molecule has 0 aliphatic carbocycles. The summed E-state index contributed by atoms with van der Waals surface area (Å²) in [5.74, 6) is 1.05. The van der Waals surface area contributed by atoms with Gasteiger partial charge in [0.15, 0.2) is 5.82 Å². The van der Waals surface area contributed by atoms with Gasteiger partial charge >= 0.3 is 0 Å². The highest BCUT2D eigenvalue weighted by atomic mass is 15.3. The summed E-state index contributed by atoms with van der Waals surface area (Å²) in [6.45, 7) is 6.72. The molecule has 2 fully saturated rings. The molecule has 0 bridgehead atoms. The van der Waals surface area contributed by atoms with Crippen LogP contribution in [-0.2, 0) is 6.42 Å². The summed E-state index contributed by atoms with van der Waals surface area (Å²) < 4.78 is 0. The van der Waals surface area contributed by atoms with Crippen LogP contribution in [-0.4, -0.2) is 36.4 Å². The van der Waals surface area contributed by atoms with Gasteiger partial charge in [-0.2, -0.15) is 5.10 Å². The minimum absolute atomic E-state index is 0.505. The van der Waals surface area contributed by atoms with Crippen molar-refractivity contribution in [1.29, 1.82) is 0 Å². The van der Waals surface area contributed by atoms with Crippen LogP contribution in [0, 0.1) is 5.41 Å². The van der Waals surface area contributed by atoms with Crippen molar-refractivity contribution in [1.82, 2.24) is 15.5 Å². The Morgan fingerprint density at radius 2 is 2.29 bits per heavy atom. The van der Waals surface area contributed by atoms with E-state index in [1.165, 1.54) is 25.9 Å². The van der Waals surface area contributed by atoms with Crippen molar-refractivity contribution in [3.63, 3.8) is 0 Å². The third-order valence-electron chi connectivity index (χ3n) is 4.16. The van der Waals surface area contributed by atoms with Crippen molar-refractivity contribution in [2.45, 2.75) is 26.2 Å². The molecular formula is C13H20N4. The van der Waals surface area contributed by atoms with Crippen LogP contribution in [0.25, 0.3) is 0 Å². The first kappa shape index (κ1) is 11.0. The number of aryl methyl sites for hydroxylation is 1. The standard InChI is InChI=1S/C13H20N4/c1-2-11-3-4-12(16-15-11)17-8-6-13(10-17)5-7-14-9-13/h3-4,14H,2,5-10H2,1H3. The van der Waals surface area contributed by atoms with Gasteiger partial charge in [0, 0.05) is 25.0 Å². The molecule has 0 radical (unpaired) electrons. The second-order valence-electron chi connectivity index (χ2n) is 5.33. The molecule has 4 heteroatoms. The largest absolute Gasteiger partial charge is 0.355 e. The van der Waals surface area contributed by atoms with Crippen LogP contribution in [0.15, 0.2) is 12.1 Å². The van der Waals surface area contributed by atoms with Crippen LogP contribution >= 0.6 is 0 Å². The number of nitrogens with one attached hydrogen (secondary N) is 1. The van der Waals surface area contributed by atoms with Crippen LogP contribution in [0.2, 0.25) is 0 Å². The van der Waals surface area contributed by atoms with Crippen molar-refractivity contribution in [3.8, 4) is 0 Å². The van der Waals surface area contributed by atoms with Gasteiger partial charge in [-0.15, -0.1) is 5.10 Å². The van der Waals surface area contributed by atoms with Crippen molar-refractivity contribution in [3.05, 3.63) is 17.8 Å². The van der Waals surface area contributed by atoms with E-state index in [2.05, 4.69) is 39.5 Å². The second kappa shape index (κ2) is 4.26. The maximum Gasteiger partial charge on any atom is 0.151 e. The molecule has 1 atom stereocenters. The summed E-state index contributed by atoms with van der Waals surface area (Å²) in [5.41, 5.74) is 1.58. The van der Waals surface area contributed by atoms with Gasteiger partial charge in [-0.25, -0.2) is 0 Å². The molecule has 0 saturated carbocycles. The smallest absolute Gasteiger partial charge is 0.151 e. The van der Waals surface area contributed by atoms with E-state index in [0.717, 1.165) is 31.0 Å². The maximum absolute atomic E-state index is 4.34. The summed E-state index contributed by atoms with van der Waals surface area (Å²) >= 11 is 0. The minimum atomic E-state index is 0.505. The Bertz CT molecular complexity index is 381. The molecule has 1 aromatic heterocycles. The fourth-order valence-corrected chi connectivity index (χ4v) is 2.98. The molecule has 1 aromatic rings. The van der Waals surface area contributed by atoms with Gasteiger partial charge in [0.25, 0.3) is 0 Å². The van der Waals surface area contributed by atoms with Gasteiger partial charge in [-0.1, -0.05) is 6.92 Å². The zero-order valence-electron chi connectivity index (χ0n) is 10.4. The molecule has 1 unspecified atom stereocenters. The number of nitrogens with zero attached hydrogens (tertiary/aromatic N) is 3. The molecule has 3 rings (SSSR count). The lowest BCUT2D eigenvalue weighted by atomic mass is 9.87. The molecule has 2 saturated heterocycles. The summed E-state index contributed by atoms with van der Waals surface area (Å²) in [5, 5.41) is 12.1. The Hall–Kier alpha value is -1.16.